The molecule has 0 aliphatic carbocycles. The maximum atomic E-state index is 6.16. The van der Waals surface area contributed by atoms with E-state index in [1.807, 2.05) is 41.3 Å². The van der Waals surface area contributed by atoms with Crippen molar-refractivity contribution in [3.05, 3.63) is 54.7 Å². The molecule has 0 amide bonds. The van der Waals surface area contributed by atoms with Crippen molar-refractivity contribution in [1.29, 1.82) is 0 Å². The van der Waals surface area contributed by atoms with Gasteiger partial charge in [-0.25, -0.2) is 14.6 Å². The maximum Gasteiger partial charge on any atom is 0.156 e. The Hall–Kier alpha value is -3.39. The third-order valence-corrected chi connectivity index (χ3v) is 5.48. The Labute approximate surface area is 174 Å². The molecule has 5 heterocycles. The first kappa shape index (κ1) is 18.6. The summed E-state index contributed by atoms with van der Waals surface area (Å²) in [6.45, 7) is 3.87. The number of rotatable bonds is 4. The largest absolute Gasteiger partial charge is 0.355 e. The van der Waals surface area contributed by atoms with Crippen LogP contribution >= 0.6 is 0 Å². The van der Waals surface area contributed by atoms with Crippen LogP contribution in [0.3, 0.4) is 0 Å². The van der Waals surface area contributed by atoms with Crippen LogP contribution in [0.2, 0.25) is 0 Å². The second kappa shape index (κ2) is 7.79. The van der Waals surface area contributed by atoms with Crippen molar-refractivity contribution >= 4 is 16.7 Å². The van der Waals surface area contributed by atoms with E-state index in [0.717, 1.165) is 72.0 Å². The highest BCUT2D eigenvalue weighted by Gasteiger charge is 2.19. The van der Waals surface area contributed by atoms with Crippen LogP contribution in [-0.4, -0.2) is 48.8 Å². The summed E-state index contributed by atoms with van der Waals surface area (Å²) in [5, 5.41) is 5.52. The number of hydrogen-bond acceptors (Lipinski definition) is 7. The van der Waals surface area contributed by atoms with Gasteiger partial charge in [0.1, 0.15) is 11.5 Å². The highest BCUT2D eigenvalue weighted by molar-refractivity contribution is 5.82. The molecule has 5 rings (SSSR count). The van der Waals surface area contributed by atoms with Crippen molar-refractivity contribution in [3.8, 4) is 17.2 Å². The first-order chi connectivity index (χ1) is 14.7. The van der Waals surface area contributed by atoms with Crippen LogP contribution in [0.15, 0.2) is 49.1 Å². The Morgan fingerprint density at radius 1 is 1.07 bits per heavy atom. The molecule has 1 atom stereocenters. The number of aryl methyl sites for hydroxylation is 1. The minimum absolute atomic E-state index is 0.198. The molecule has 1 saturated heterocycles. The van der Waals surface area contributed by atoms with E-state index < -0.39 is 0 Å². The number of pyridine rings is 2. The molecule has 1 aliphatic rings. The Morgan fingerprint density at radius 2 is 1.97 bits per heavy atom. The van der Waals surface area contributed by atoms with Crippen molar-refractivity contribution < 1.29 is 0 Å². The zero-order chi connectivity index (χ0) is 20.5. The summed E-state index contributed by atoms with van der Waals surface area (Å²) in [7, 11) is 0. The standard InChI is InChI=1S/C22H24N8/c1-2-17-12-24-13-19(27-17)18-9-20-15(10-25-18)11-26-30(20)22-7-3-6-21(28-22)29-8-4-5-16(23)14-29/h3,6-7,9-13,16H,2,4-5,8,14,23H2,1H3. The molecule has 8 nitrogen and oxygen atoms in total. The molecule has 4 aromatic heterocycles. The van der Waals surface area contributed by atoms with E-state index in [4.69, 9.17) is 10.7 Å². The lowest BCUT2D eigenvalue weighted by Crippen LogP contribution is -2.43. The lowest BCUT2D eigenvalue weighted by atomic mass is 10.1. The predicted molar refractivity (Wildman–Crippen MR) is 116 cm³/mol. The van der Waals surface area contributed by atoms with Gasteiger partial charge in [0.05, 0.1) is 29.3 Å². The van der Waals surface area contributed by atoms with Crippen molar-refractivity contribution in [3.63, 3.8) is 0 Å². The van der Waals surface area contributed by atoms with Gasteiger partial charge in [-0.3, -0.25) is 9.97 Å². The normalized spacial score (nSPS) is 16.9. The third kappa shape index (κ3) is 3.50. The van der Waals surface area contributed by atoms with Crippen molar-refractivity contribution in [2.24, 2.45) is 5.73 Å². The van der Waals surface area contributed by atoms with Gasteiger partial charge in [-0.1, -0.05) is 13.0 Å². The number of aromatic nitrogens is 6. The van der Waals surface area contributed by atoms with Gasteiger partial charge in [0.2, 0.25) is 0 Å². The van der Waals surface area contributed by atoms with Crippen molar-refractivity contribution in [2.45, 2.75) is 32.2 Å². The third-order valence-electron chi connectivity index (χ3n) is 5.48. The number of anilines is 1. The Balaban J connectivity index is 1.54. The fourth-order valence-corrected chi connectivity index (χ4v) is 3.87. The Kier molecular flexibility index (Phi) is 4.84. The van der Waals surface area contributed by atoms with Gasteiger partial charge in [-0.05, 0) is 37.5 Å². The van der Waals surface area contributed by atoms with E-state index in [-0.39, 0.29) is 6.04 Å². The van der Waals surface area contributed by atoms with E-state index in [1.165, 1.54) is 0 Å². The summed E-state index contributed by atoms with van der Waals surface area (Å²) in [5.74, 6) is 1.70. The first-order valence-corrected chi connectivity index (χ1v) is 10.3. The molecule has 0 aromatic carbocycles. The van der Waals surface area contributed by atoms with E-state index >= 15 is 0 Å². The van der Waals surface area contributed by atoms with E-state index in [0.29, 0.717) is 0 Å². The summed E-state index contributed by atoms with van der Waals surface area (Å²) in [6, 6.07) is 8.22. The van der Waals surface area contributed by atoms with Crippen LogP contribution in [-0.2, 0) is 6.42 Å². The molecule has 2 N–H and O–H groups in total. The molecular weight excluding hydrogens is 376 g/mol. The van der Waals surface area contributed by atoms with Crippen LogP contribution in [0.1, 0.15) is 25.5 Å². The quantitative estimate of drug-likeness (QED) is 0.562. The number of nitrogens with zero attached hydrogens (tertiary/aromatic N) is 7. The lowest BCUT2D eigenvalue weighted by molar-refractivity contribution is 0.503. The van der Waals surface area contributed by atoms with Gasteiger partial charge in [0.25, 0.3) is 0 Å². The second-order valence-electron chi connectivity index (χ2n) is 7.64. The highest BCUT2D eigenvalue weighted by Crippen LogP contribution is 2.24. The van der Waals surface area contributed by atoms with Gasteiger partial charge < -0.3 is 10.6 Å². The molecule has 8 heteroatoms. The zero-order valence-corrected chi connectivity index (χ0v) is 16.9. The topological polar surface area (TPSA) is 98.6 Å². The molecule has 0 saturated carbocycles. The molecule has 4 aromatic rings. The Bertz CT molecular complexity index is 1180. The van der Waals surface area contributed by atoms with E-state index in [1.54, 1.807) is 12.4 Å². The summed E-state index contributed by atoms with van der Waals surface area (Å²) in [6.07, 6.45) is 10.1. The first-order valence-electron chi connectivity index (χ1n) is 10.3. The minimum Gasteiger partial charge on any atom is -0.355 e. The van der Waals surface area contributed by atoms with Gasteiger partial charge in [0.15, 0.2) is 5.82 Å². The monoisotopic (exact) mass is 400 g/mol. The predicted octanol–water partition coefficient (Wildman–Crippen LogP) is 2.76. The fraction of sp³-hybridized carbons (Fsp3) is 0.318. The SMILES string of the molecule is CCc1cncc(-c2cc3c(cn2)cnn3-c2cccc(N3CCCC(N)C3)n2)n1. The highest BCUT2D eigenvalue weighted by atomic mass is 15.3. The van der Waals surface area contributed by atoms with Gasteiger partial charge in [-0.15, -0.1) is 0 Å². The number of fused-ring (bicyclic) bond motifs is 1. The van der Waals surface area contributed by atoms with Crippen LogP contribution < -0.4 is 10.6 Å². The summed E-state index contributed by atoms with van der Waals surface area (Å²) in [4.78, 5) is 20.6. The van der Waals surface area contributed by atoms with Gasteiger partial charge in [0, 0.05) is 36.9 Å². The van der Waals surface area contributed by atoms with Crippen LogP contribution in [0, 0.1) is 0 Å². The summed E-state index contributed by atoms with van der Waals surface area (Å²) < 4.78 is 1.85. The molecule has 0 radical (unpaired) electrons. The van der Waals surface area contributed by atoms with Crippen LogP contribution in [0.25, 0.3) is 28.1 Å². The minimum atomic E-state index is 0.198. The molecule has 1 aliphatic heterocycles. The second-order valence-corrected chi connectivity index (χ2v) is 7.64. The molecule has 0 spiro atoms. The maximum absolute atomic E-state index is 6.16. The van der Waals surface area contributed by atoms with Gasteiger partial charge >= 0.3 is 0 Å². The summed E-state index contributed by atoms with van der Waals surface area (Å²) >= 11 is 0. The molecule has 30 heavy (non-hydrogen) atoms. The number of piperidine rings is 1. The van der Waals surface area contributed by atoms with E-state index in [2.05, 4.69) is 31.9 Å². The lowest BCUT2D eigenvalue weighted by Gasteiger charge is -2.31. The van der Waals surface area contributed by atoms with Crippen LogP contribution in [0.5, 0.6) is 0 Å². The fourth-order valence-electron chi connectivity index (χ4n) is 3.87. The molecule has 152 valence electrons. The summed E-state index contributed by atoms with van der Waals surface area (Å²) in [5.41, 5.74) is 9.56. The van der Waals surface area contributed by atoms with Crippen molar-refractivity contribution in [1.82, 2.24) is 29.7 Å². The van der Waals surface area contributed by atoms with E-state index in [9.17, 15) is 0 Å². The number of hydrogen-bond donors (Lipinski definition) is 1. The molecule has 0 bridgehead atoms. The molecular formula is C22H24N8. The zero-order valence-electron chi connectivity index (χ0n) is 16.9. The van der Waals surface area contributed by atoms with Crippen molar-refractivity contribution in [2.75, 3.05) is 18.0 Å². The average molecular weight is 400 g/mol. The van der Waals surface area contributed by atoms with Crippen LogP contribution in [0.4, 0.5) is 5.82 Å². The number of nitrogens with two attached hydrogens (primary N) is 1. The smallest absolute Gasteiger partial charge is 0.156 e. The molecule has 1 fully saturated rings. The molecule has 1 unspecified atom stereocenters. The van der Waals surface area contributed by atoms with Gasteiger partial charge in [-0.2, -0.15) is 5.10 Å². The average Bonchev–Trinajstić information content (AvgIpc) is 3.22. The Morgan fingerprint density at radius 3 is 2.83 bits per heavy atom.